The monoisotopic (exact) mass is 307 g/mol. The lowest BCUT2D eigenvalue weighted by Gasteiger charge is -2.58. The largest absolute Gasteiger partial charge is 0.329 e. The molecule has 1 aromatic rings. The standard InChI is InChI=1S/C17H26ClN3/c1-13(15-5-3-4-6-16(15)18)20(2)17(11-19)12-21-9-7-14(17)8-10-21/h3-6,13-14H,7-12,19H2,1-2H3. The first-order valence-corrected chi connectivity index (χ1v) is 8.36. The minimum absolute atomic E-state index is 0.0923. The topological polar surface area (TPSA) is 32.5 Å². The second kappa shape index (κ2) is 5.88. The van der Waals surface area contributed by atoms with Crippen molar-refractivity contribution in [3.63, 3.8) is 0 Å². The van der Waals surface area contributed by atoms with E-state index >= 15 is 0 Å². The molecule has 0 radical (unpaired) electrons. The molecule has 0 aliphatic carbocycles. The zero-order valence-electron chi connectivity index (χ0n) is 13.1. The molecule has 1 aromatic carbocycles. The van der Waals surface area contributed by atoms with E-state index in [1.165, 1.54) is 31.5 Å². The van der Waals surface area contributed by atoms with Crippen LogP contribution in [0.5, 0.6) is 0 Å². The van der Waals surface area contributed by atoms with Gasteiger partial charge in [-0.1, -0.05) is 29.8 Å². The zero-order chi connectivity index (χ0) is 15.0. The molecular formula is C17H26ClN3. The van der Waals surface area contributed by atoms with Gasteiger partial charge in [0.05, 0.1) is 0 Å². The van der Waals surface area contributed by atoms with Crippen LogP contribution in [0.3, 0.4) is 0 Å². The average Bonchev–Trinajstić information content (AvgIpc) is 2.54. The van der Waals surface area contributed by atoms with E-state index in [2.05, 4.69) is 35.9 Å². The van der Waals surface area contributed by atoms with Gasteiger partial charge in [-0.3, -0.25) is 4.90 Å². The fourth-order valence-corrected chi connectivity index (χ4v) is 4.62. The number of nitrogens with two attached hydrogens (primary N) is 1. The number of halogens is 1. The molecule has 2 atom stereocenters. The van der Waals surface area contributed by atoms with Crippen molar-refractivity contribution in [3.05, 3.63) is 34.9 Å². The van der Waals surface area contributed by atoms with E-state index in [1.54, 1.807) is 0 Å². The molecule has 116 valence electrons. The molecule has 3 saturated heterocycles. The van der Waals surface area contributed by atoms with Crippen molar-refractivity contribution in [1.82, 2.24) is 9.80 Å². The Labute approximate surface area is 133 Å². The maximum absolute atomic E-state index is 6.40. The number of fused-ring (bicyclic) bond motifs is 3. The van der Waals surface area contributed by atoms with Gasteiger partial charge in [-0.15, -0.1) is 0 Å². The number of hydrogen-bond donors (Lipinski definition) is 1. The summed E-state index contributed by atoms with van der Waals surface area (Å²) >= 11 is 6.40. The van der Waals surface area contributed by atoms with Crippen LogP contribution in [-0.4, -0.2) is 48.6 Å². The Kier molecular flexibility index (Phi) is 4.28. The molecule has 4 heteroatoms. The highest BCUT2D eigenvalue weighted by Gasteiger charge is 2.49. The molecule has 4 rings (SSSR count). The third-order valence-corrected chi connectivity index (χ3v) is 6.18. The molecule has 0 saturated carbocycles. The van der Waals surface area contributed by atoms with Gasteiger partial charge in [0.25, 0.3) is 0 Å². The summed E-state index contributed by atoms with van der Waals surface area (Å²) < 4.78 is 0. The highest BCUT2D eigenvalue weighted by atomic mass is 35.5. The minimum Gasteiger partial charge on any atom is -0.329 e. The smallest absolute Gasteiger partial charge is 0.0490 e. The van der Waals surface area contributed by atoms with Crippen molar-refractivity contribution in [2.75, 3.05) is 33.2 Å². The first-order valence-electron chi connectivity index (χ1n) is 7.98. The number of likely N-dealkylation sites (N-methyl/N-ethyl adjacent to an activating group) is 1. The van der Waals surface area contributed by atoms with Gasteiger partial charge in [-0.05, 0) is 57.5 Å². The molecule has 3 nitrogen and oxygen atoms in total. The quantitative estimate of drug-likeness (QED) is 0.928. The maximum Gasteiger partial charge on any atom is 0.0490 e. The van der Waals surface area contributed by atoms with Crippen molar-refractivity contribution >= 4 is 11.6 Å². The molecule has 2 bridgehead atoms. The second-order valence-corrected chi connectivity index (χ2v) is 7.07. The van der Waals surface area contributed by atoms with E-state index in [4.69, 9.17) is 17.3 Å². The van der Waals surface area contributed by atoms with E-state index in [-0.39, 0.29) is 11.6 Å². The molecule has 21 heavy (non-hydrogen) atoms. The van der Waals surface area contributed by atoms with Gasteiger partial charge in [0.2, 0.25) is 0 Å². The van der Waals surface area contributed by atoms with Gasteiger partial charge in [0, 0.05) is 29.7 Å². The molecule has 0 aromatic heterocycles. The summed E-state index contributed by atoms with van der Waals surface area (Å²) in [6.45, 7) is 6.54. The van der Waals surface area contributed by atoms with Crippen LogP contribution in [0.25, 0.3) is 0 Å². The Morgan fingerprint density at radius 3 is 2.57 bits per heavy atom. The Balaban J connectivity index is 1.89. The third kappa shape index (κ3) is 2.50. The fraction of sp³-hybridized carbons (Fsp3) is 0.647. The average molecular weight is 308 g/mol. The SMILES string of the molecule is CC(c1ccccc1Cl)N(C)C1(CN)CN2CCC1CC2. The number of piperidine rings is 3. The number of nitrogens with zero attached hydrogens (tertiary/aromatic N) is 2. The normalized spacial score (nSPS) is 33.4. The molecule has 0 amide bonds. The summed E-state index contributed by atoms with van der Waals surface area (Å²) in [5.74, 6) is 0.711. The summed E-state index contributed by atoms with van der Waals surface area (Å²) in [4.78, 5) is 5.06. The third-order valence-electron chi connectivity index (χ3n) is 5.84. The van der Waals surface area contributed by atoms with Crippen molar-refractivity contribution in [2.24, 2.45) is 11.7 Å². The highest BCUT2D eigenvalue weighted by molar-refractivity contribution is 6.31. The second-order valence-electron chi connectivity index (χ2n) is 6.67. The number of rotatable bonds is 4. The molecule has 0 spiro atoms. The van der Waals surface area contributed by atoms with Crippen LogP contribution in [0.2, 0.25) is 5.02 Å². The van der Waals surface area contributed by atoms with Crippen molar-refractivity contribution < 1.29 is 0 Å². The number of benzene rings is 1. The van der Waals surface area contributed by atoms with Gasteiger partial charge in [0.15, 0.2) is 0 Å². The maximum atomic E-state index is 6.40. The lowest BCUT2D eigenvalue weighted by Crippen LogP contribution is -2.69. The van der Waals surface area contributed by atoms with E-state index in [0.29, 0.717) is 5.92 Å². The van der Waals surface area contributed by atoms with Gasteiger partial charge >= 0.3 is 0 Å². The fourth-order valence-electron chi connectivity index (χ4n) is 4.33. The van der Waals surface area contributed by atoms with Crippen molar-refractivity contribution in [1.29, 1.82) is 0 Å². The van der Waals surface area contributed by atoms with Crippen LogP contribution in [-0.2, 0) is 0 Å². The Morgan fingerprint density at radius 1 is 1.38 bits per heavy atom. The lowest BCUT2D eigenvalue weighted by molar-refractivity contribution is -0.0711. The molecule has 3 fully saturated rings. The molecular weight excluding hydrogens is 282 g/mol. The van der Waals surface area contributed by atoms with Crippen LogP contribution >= 0.6 is 11.6 Å². The van der Waals surface area contributed by atoms with Gasteiger partial charge in [-0.25, -0.2) is 0 Å². The minimum atomic E-state index is 0.0923. The summed E-state index contributed by atoms with van der Waals surface area (Å²) in [6.07, 6.45) is 2.55. The Morgan fingerprint density at radius 2 is 2.05 bits per heavy atom. The molecule has 3 aliphatic heterocycles. The molecule has 2 unspecified atom stereocenters. The Bertz CT molecular complexity index is 499. The van der Waals surface area contributed by atoms with E-state index in [1.807, 2.05) is 12.1 Å². The summed E-state index contributed by atoms with van der Waals surface area (Å²) in [6, 6.07) is 8.45. The first-order chi connectivity index (χ1) is 10.1. The highest BCUT2D eigenvalue weighted by Crippen LogP contribution is 2.42. The summed E-state index contributed by atoms with van der Waals surface area (Å²) in [7, 11) is 2.22. The molecule has 3 aliphatic rings. The lowest BCUT2D eigenvalue weighted by atomic mass is 9.71. The van der Waals surface area contributed by atoms with Crippen LogP contribution in [0, 0.1) is 5.92 Å². The van der Waals surface area contributed by atoms with Gasteiger partial charge in [0.1, 0.15) is 0 Å². The summed E-state index contributed by atoms with van der Waals surface area (Å²) in [5.41, 5.74) is 7.57. The molecule has 3 heterocycles. The zero-order valence-corrected chi connectivity index (χ0v) is 13.8. The van der Waals surface area contributed by atoms with E-state index < -0.39 is 0 Å². The van der Waals surface area contributed by atoms with Gasteiger partial charge in [-0.2, -0.15) is 0 Å². The van der Waals surface area contributed by atoms with E-state index in [9.17, 15) is 0 Å². The van der Waals surface area contributed by atoms with Crippen LogP contribution < -0.4 is 5.73 Å². The number of hydrogen-bond acceptors (Lipinski definition) is 3. The van der Waals surface area contributed by atoms with Crippen molar-refractivity contribution in [3.8, 4) is 0 Å². The van der Waals surface area contributed by atoms with Crippen LogP contribution in [0.15, 0.2) is 24.3 Å². The van der Waals surface area contributed by atoms with Crippen LogP contribution in [0.1, 0.15) is 31.4 Å². The van der Waals surface area contributed by atoms with Crippen LogP contribution in [0.4, 0.5) is 0 Å². The van der Waals surface area contributed by atoms with E-state index in [0.717, 1.165) is 18.1 Å². The predicted octanol–water partition coefficient (Wildman–Crippen LogP) is 2.76. The first kappa shape index (κ1) is 15.3. The van der Waals surface area contributed by atoms with Crippen molar-refractivity contribution in [2.45, 2.75) is 31.3 Å². The molecule has 2 N–H and O–H groups in total. The predicted molar refractivity (Wildman–Crippen MR) is 88.6 cm³/mol. The van der Waals surface area contributed by atoms with Gasteiger partial charge < -0.3 is 10.6 Å². The summed E-state index contributed by atoms with van der Waals surface area (Å²) in [5, 5.41) is 0.852. The Hall–Kier alpha value is -0.610.